The topological polar surface area (TPSA) is 85.8 Å². The van der Waals surface area contributed by atoms with E-state index in [2.05, 4.69) is 15.6 Å². The van der Waals surface area contributed by atoms with Gasteiger partial charge in [0.15, 0.2) is 5.69 Å². The maximum absolute atomic E-state index is 13.4. The van der Waals surface area contributed by atoms with Crippen LogP contribution in [-0.4, -0.2) is 33.0 Å². The third-order valence-electron chi connectivity index (χ3n) is 5.93. The highest BCUT2D eigenvalue weighted by atomic mass is 35.5. The van der Waals surface area contributed by atoms with E-state index in [1.165, 1.54) is 23.2 Å². The second kappa shape index (κ2) is 8.35. The first-order valence-electron chi connectivity index (χ1n) is 9.38. The second-order valence-corrected chi connectivity index (χ2v) is 8.12. The molecule has 2 aliphatic rings. The summed E-state index contributed by atoms with van der Waals surface area (Å²) in [5.41, 5.74) is 7.60. The predicted molar refractivity (Wildman–Crippen MR) is 108 cm³/mol. The van der Waals surface area contributed by atoms with Gasteiger partial charge in [-0.3, -0.25) is 4.79 Å². The summed E-state index contributed by atoms with van der Waals surface area (Å²) in [6.07, 6.45) is 5.33. The van der Waals surface area contributed by atoms with Crippen LogP contribution in [0.3, 0.4) is 0 Å². The lowest BCUT2D eigenvalue weighted by molar-refractivity contribution is 0.0751. The Hall–Kier alpha value is -1.70. The molecule has 9 heteroatoms. The standard InChI is InChI=1S/C19H23ClFN5O.ClH/c1-10-17(24-25-26(10)14-5-6-16(21)15(20)9-14)19(27)23-18-11-3-2-4-12(18)8-13(22)7-11;/h5-6,9,11-13,18H,2-4,7-8,22H2,1H3,(H,23,27);1H. The van der Waals surface area contributed by atoms with E-state index in [-0.39, 0.29) is 41.1 Å². The number of amides is 1. The van der Waals surface area contributed by atoms with Crippen LogP contribution in [0.2, 0.25) is 5.02 Å². The summed E-state index contributed by atoms with van der Waals surface area (Å²) >= 11 is 5.85. The maximum atomic E-state index is 13.4. The zero-order chi connectivity index (χ0) is 19.1. The van der Waals surface area contributed by atoms with Crippen LogP contribution in [0.15, 0.2) is 18.2 Å². The second-order valence-electron chi connectivity index (χ2n) is 7.72. The van der Waals surface area contributed by atoms with Crippen molar-refractivity contribution in [3.8, 4) is 5.69 Å². The van der Waals surface area contributed by atoms with Gasteiger partial charge in [-0.15, -0.1) is 17.5 Å². The van der Waals surface area contributed by atoms with Gasteiger partial charge in [0.25, 0.3) is 5.91 Å². The Labute approximate surface area is 174 Å². The van der Waals surface area contributed by atoms with Crippen molar-refractivity contribution in [3.63, 3.8) is 0 Å². The first-order valence-corrected chi connectivity index (χ1v) is 9.76. The predicted octanol–water partition coefficient (Wildman–Crippen LogP) is 3.43. The van der Waals surface area contributed by atoms with Gasteiger partial charge < -0.3 is 11.1 Å². The molecule has 0 radical (unpaired) electrons. The Morgan fingerprint density at radius 1 is 1.32 bits per heavy atom. The number of nitrogens with two attached hydrogens (primary N) is 1. The molecule has 0 spiro atoms. The van der Waals surface area contributed by atoms with Crippen LogP contribution in [0, 0.1) is 24.6 Å². The van der Waals surface area contributed by atoms with Crippen molar-refractivity contribution in [3.05, 3.63) is 40.4 Å². The molecular formula is C19H24Cl2FN5O. The Kier molecular flexibility index (Phi) is 6.27. The largest absolute Gasteiger partial charge is 0.347 e. The third kappa shape index (κ3) is 3.88. The fourth-order valence-electron chi connectivity index (χ4n) is 4.65. The van der Waals surface area contributed by atoms with Gasteiger partial charge in [-0.25, -0.2) is 9.07 Å². The number of hydrogen-bond acceptors (Lipinski definition) is 4. The Balaban J connectivity index is 0.00000225. The monoisotopic (exact) mass is 427 g/mol. The van der Waals surface area contributed by atoms with E-state index < -0.39 is 5.82 Å². The average Bonchev–Trinajstić information content (AvgIpc) is 3.00. The summed E-state index contributed by atoms with van der Waals surface area (Å²) in [6.45, 7) is 1.77. The highest BCUT2D eigenvalue weighted by Crippen LogP contribution is 2.39. The molecule has 0 aliphatic heterocycles. The van der Waals surface area contributed by atoms with Gasteiger partial charge in [-0.05, 0) is 62.6 Å². The number of nitrogens with one attached hydrogen (secondary N) is 1. The van der Waals surface area contributed by atoms with Crippen LogP contribution in [0.25, 0.3) is 5.69 Å². The zero-order valence-electron chi connectivity index (χ0n) is 15.6. The molecular weight excluding hydrogens is 404 g/mol. The number of carbonyl (C=O) groups excluding carboxylic acids is 1. The van der Waals surface area contributed by atoms with Gasteiger partial charge in [-0.2, -0.15) is 0 Å². The minimum Gasteiger partial charge on any atom is -0.347 e. The molecule has 2 aromatic rings. The minimum absolute atomic E-state index is 0. The Morgan fingerprint density at radius 2 is 2.00 bits per heavy atom. The van der Waals surface area contributed by atoms with Gasteiger partial charge in [0.1, 0.15) is 5.82 Å². The molecule has 3 N–H and O–H groups in total. The van der Waals surface area contributed by atoms with Crippen LogP contribution in [0.4, 0.5) is 4.39 Å². The highest BCUT2D eigenvalue weighted by molar-refractivity contribution is 6.30. The lowest BCUT2D eigenvalue weighted by Gasteiger charge is -2.45. The molecule has 2 fully saturated rings. The smallest absolute Gasteiger partial charge is 0.274 e. The molecule has 2 saturated carbocycles. The number of benzene rings is 1. The SMILES string of the molecule is Cc1c(C(=O)NC2C3CCCC2CC(N)C3)nnn1-c1ccc(F)c(Cl)c1.Cl. The molecule has 28 heavy (non-hydrogen) atoms. The minimum atomic E-state index is -0.502. The van der Waals surface area contributed by atoms with Crippen molar-refractivity contribution in [2.75, 3.05) is 0 Å². The molecule has 2 bridgehead atoms. The number of halogens is 3. The lowest BCUT2D eigenvalue weighted by Crippen LogP contribution is -2.53. The van der Waals surface area contributed by atoms with E-state index in [0.29, 0.717) is 23.2 Å². The van der Waals surface area contributed by atoms with Crippen molar-refractivity contribution in [1.29, 1.82) is 0 Å². The van der Waals surface area contributed by atoms with Crippen molar-refractivity contribution in [1.82, 2.24) is 20.3 Å². The van der Waals surface area contributed by atoms with Gasteiger partial charge in [0.2, 0.25) is 0 Å². The molecule has 1 aromatic carbocycles. The molecule has 4 rings (SSSR count). The first-order chi connectivity index (χ1) is 12.9. The van der Waals surface area contributed by atoms with Crippen LogP contribution in [-0.2, 0) is 0 Å². The van der Waals surface area contributed by atoms with Crippen LogP contribution < -0.4 is 11.1 Å². The van der Waals surface area contributed by atoms with Gasteiger partial charge in [0, 0.05) is 12.1 Å². The number of rotatable bonds is 3. The van der Waals surface area contributed by atoms with Gasteiger partial charge >= 0.3 is 0 Å². The van der Waals surface area contributed by atoms with Crippen molar-refractivity contribution < 1.29 is 9.18 Å². The number of fused-ring (bicyclic) bond motifs is 2. The Bertz CT molecular complexity index is 860. The molecule has 2 aliphatic carbocycles. The molecule has 152 valence electrons. The maximum Gasteiger partial charge on any atom is 0.274 e. The van der Waals surface area contributed by atoms with Crippen molar-refractivity contribution in [2.45, 2.75) is 51.1 Å². The lowest BCUT2D eigenvalue weighted by atomic mass is 9.67. The summed E-state index contributed by atoms with van der Waals surface area (Å²) in [6, 6.07) is 4.67. The summed E-state index contributed by atoms with van der Waals surface area (Å²) in [7, 11) is 0. The van der Waals surface area contributed by atoms with E-state index in [1.807, 2.05) is 0 Å². The number of aromatic nitrogens is 3. The van der Waals surface area contributed by atoms with E-state index >= 15 is 0 Å². The zero-order valence-corrected chi connectivity index (χ0v) is 17.1. The molecule has 2 atom stereocenters. The van der Waals surface area contributed by atoms with E-state index in [9.17, 15) is 9.18 Å². The quantitative estimate of drug-likeness (QED) is 0.785. The summed E-state index contributed by atoms with van der Waals surface area (Å²) in [5.74, 6) is 0.146. The van der Waals surface area contributed by atoms with E-state index in [1.54, 1.807) is 13.0 Å². The number of hydrogen-bond donors (Lipinski definition) is 2. The fraction of sp³-hybridized carbons (Fsp3) is 0.526. The third-order valence-corrected chi connectivity index (χ3v) is 6.22. The van der Waals surface area contributed by atoms with Crippen molar-refractivity contribution >= 4 is 29.9 Å². The van der Waals surface area contributed by atoms with Crippen LogP contribution >= 0.6 is 24.0 Å². The van der Waals surface area contributed by atoms with E-state index in [0.717, 1.165) is 25.7 Å². The molecule has 1 aromatic heterocycles. The van der Waals surface area contributed by atoms with E-state index in [4.69, 9.17) is 17.3 Å². The summed E-state index contributed by atoms with van der Waals surface area (Å²) < 4.78 is 14.9. The van der Waals surface area contributed by atoms with Crippen LogP contribution in [0.5, 0.6) is 0 Å². The molecule has 1 amide bonds. The van der Waals surface area contributed by atoms with Gasteiger partial charge in [-0.1, -0.05) is 23.2 Å². The summed E-state index contributed by atoms with van der Waals surface area (Å²) in [5, 5.41) is 11.3. The van der Waals surface area contributed by atoms with Crippen LogP contribution in [0.1, 0.15) is 48.3 Å². The summed E-state index contributed by atoms with van der Waals surface area (Å²) in [4.78, 5) is 12.9. The average molecular weight is 428 g/mol. The number of nitrogens with zero attached hydrogens (tertiary/aromatic N) is 3. The molecule has 1 heterocycles. The number of carbonyl (C=O) groups is 1. The Morgan fingerprint density at radius 3 is 2.64 bits per heavy atom. The molecule has 2 unspecified atom stereocenters. The molecule has 6 nitrogen and oxygen atoms in total. The highest BCUT2D eigenvalue weighted by Gasteiger charge is 2.40. The first kappa shape index (κ1) is 21.0. The fourth-order valence-corrected chi connectivity index (χ4v) is 4.82. The normalized spacial score (nSPS) is 26.4. The van der Waals surface area contributed by atoms with Crippen molar-refractivity contribution in [2.24, 2.45) is 17.6 Å². The molecule has 0 saturated heterocycles. The van der Waals surface area contributed by atoms with Gasteiger partial charge in [0.05, 0.1) is 16.4 Å².